The molecule has 3 nitrogen and oxygen atoms in total. The standard InChI is InChI=1S/C12H18O3/c1-4-5-11(14)15-10-8-9(13)6-7-12(10,2)3/h8H,4-7H2,1-3H3. The van der Waals surface area contributed by atoms with Crippen molar-refractivity contribution in [2.24, 2.45) is 5.41 Å². The molecule has 0 unspecified atom stereocenters. The third-order valence-corrected chi connectivity index (χ3v) is 2.63. The van der Waals surface area contributed by atoms with Gasteiger partial charge in [-0.25, -0.2) is 0 Å². The SMILES string of the molecule is CCCC(=O)OC1=CC(=O)CCC1(C)C. The number of hydrogen-bond acceptors (Lipinski definition) is 3. The number of ketones is 1. The zero-order chi connectivity index (χ0) is 11.5. The van der Waals surface area contributed by atoms with Crippen LogP contribution in [0.4, 0.5) is 0 Å². The lowest BCUT2D eigenvalue weighted by atomic mass is 9.80. The fourth-order valence-electron chi connectivity index (χ4n) is 1.52. The number of allylic oxidation sites excluding steroid dienone is 2. The first-order valence-electron chi connectivity index (χ1n) is 5.41. The summed E-state index contributed by atoms with van der Waals surface area (Å²) in [5.41, 5.74) is -0.197. The number of carbonyl (C=O) groups excluding carboxylic acids is 2. The molecule has 0 atom stereocenters. The maximum Gasteiger partial charge on any atom is 0.310 e. The van der Waals surface area contributed by atoms with Gasteiger partial charge in [0.15, 0.2) is 5.78 Å². The summed E-state index contributed by atoms with van der Waals surface area (Å²) in [7, 11) is 0. The summed E-state index contributed by atoms with van der Waals surface area (Å²) >= 11 is 0. The summed E-state index contributed by atoms with van der Waals surface area (Å²) in [6.07, 6.45) is 3.93. The Hall–Kier alpha value is -1.12. The summed E-state index contributed by atoms with van der Waals surface area (Å²) in [6, 6.07) is 0. The minimum atomic E-state index is -0.244. The molecule has 0 aromatic heterocycles. The zero-order valence-electron chi connectivity index (χ0n) is 9.63. The molecule has 0 bridgehead atoms. The highest BCUT2D eigenvalue weighted by atomic mass is 16.5. The van der Waals surface area contributed by atoms with E-state index in [-0.39, 0.29) is 17.2 Å². The second kappa shape index (κ2) is 4.60. The van der Waals surface area contributed by atoms with Gasteiger partial charge in [-0.05, 0) is 12.8 Å². The molecule has 0 aromatic rings. The lowest BCUT2D eigenvalue weighted by molar-refractivity contribution is -0.141. The molecule has 3 heteroatoms. The van der Waals surface area contributed by atoms with Crippen molar-refractivity contribution < 1.29 is 14.3 Å². The second-order valence-electron chi connectivity index (χ2n) is 4.58. The fourth-order valence-corrected chi connectivity index (χ4v) is 1.52. The van der Waals surface area contributed by atoms with E-state index in [1.807, 2.05) is 20.8 Å². The van der Waals surface area contributed by atoms with Crippen LogP contribution in [-0.4, -0.2) is 11.8 Å². The highest BCUT2D eigenvalue weighted by Crippen LogP contribution is 2.36. The normalized spacial score (nSPS) is 19.7. The molecule has 84 valence electrons. The van der Waals surface area contributed by atoms with Crippen LogP contribution in [0, 0.1) is 5.41 Å². The predicted molar refractivity (Wildman–Crippen MR) is 57.1 cm³/mol. The van der Waals surface area contributed by atoms with Gasteiger partial charge in [0.05, 0.1) is 0 Å². The molecule has 0 saturated heterocycles. The van der Waals surface area contributed by atoms with Crippen molar-refractivity contribution in [1.29, 1.82) is 0 Å². The van der Waals surface area contributed by atoms with Crippen molar-refractivity contribution in [3.05, 3.63) is 11.8 Å². The monoisotopic (exact) mass is 210 g/mol. The number of carbonyl (C=O) groups is 2. The Labute approximate surface area is 90.5 Å². The lowest BCUT2D eigenvalue weighted by Crippen LogP contribution is -2.25. The number of ether oxygens (including phenoxy) is 1. The highest BCUT2D eigenvalue weighted by Gasteiger charge is 2.31. The number of hydrogen-bond donors (Lipinski definition) is 0. The van der Waals surface area contributed by atoms with E-state index in [9.17, 15) is 9.59 Å². The van der Waals surface area contributed by atoms with Crippen LogP contribution in [0.2, 0.25) is 0 Å². The summed E-state index contributed by atoms with van der Waals surface area (Å²) in [5, 5.41) is 0. The van der Waals surface area contributed by atoms with Crippen LogP contribution in [0.15, 0.2) is 11.8 Å². The van der Waals surface area contributed by atoms with Crippen LogP contribution in [0.3, 0.4) is 0 Å². The van der Waals surface area contributed by atoms with Crippen molar-refractivity contribution in [1.82, 2.24) is 0 Å². The topological polar surface area (TPSA) is 43.4 Å². The molecule has 0 saturated carbocycles. The molecule has 0 spiro atoms. The van der Waals surface area contributed by atoms with Gasteiger partial charge >= 0.3 is 5.97 Å². The van der Waals surface area contributed by atoms with Crippen LogP contribution in [0.5, 0.6) is 0 Å². The van der Waals surface area contributed by atoms with Crippen molar-refractivity contribution in [3.63, 3.8) is 0 Å². The van der Waals surface area contributed by atoms with Crippen LogP contribution < -0.4 is 0 Å². The van der Waals surface area contributed by atoms with Gasteiger partial charge in [0.1, 0.15) is 5.76 Å². The first-order chi connectivity index (χ1) is 6.95. The van der Waals surface area contributed by atoms with E-state index < -0.39 is 0 Å². The number of rotatable bonds is 3. The van der Waals surface area contributed by atoms with Crippen LogP contribution in [-0.2, 0) is 14.3 Å². The molecule has 0 amide bonds. The summed E-state index contributed by atoms with van der Waals surface area (Å²) in [6.45, 7) is 5.90. The van der Waals surface area contributed by atoms with Crippen molar-refractivity contribution >= 4 is 11.8 Å². The molecule has 0 heterocycles. The van der Waals surface area contributed by atoms with Gasteiger partial charge in [0, 0.05) is 24.3 Å². The minimum absolute atomic E-state index is 0.0497. The average Bonchev–Trinajstić information content (AvgIpc) is 2.12. The Morgan fingerprint density at radius 2 is 2.20 bits per heavy atom. The Kier molecular flexibility index (Phi) is 3.66. The molecule has 0 fully saturated rings. The van der Waals surface area contributed by atoms with Gasteiger partial charge in [-0.3, -0.25) is 9.59 Å². The van der Waals surface area contributed by atoms with Crippen LogP contribution in [0.1, 0.15) is 46.5 Å². The average molecular weight is 210 g/mol. The molecule has 0 aromatic carbocycles. The molecular weight excluding hydrogens is 192 g/mol. The van der Waals surface area contributed by atoms with Crippen molar-refractivity contribution in [2.75, 3.05) is 0 Å². The van der Waals surface area contributed by atoms with E-state index in [4.69, 9.17) is 4.74 Å². The van der Waals surface area contributed by atoms with Gasteiger partial charge in [0.2, 0.25) is 0 Å². The molecule has 0 aliphatic heterocycles. The highest BCUT2D eigenvalue weighted by molar-refractivity contribution is 5.91. The van der Waals surface area contributed by atoms with Crippen molar-refractivity contribution in [3.8, 4) is 0 Å². The Balaban J connectivity index is 2.73. The van der Waals surface area contributed by atoms with E-state index in [0.29, 0.717) is 18.6 Å². The Morgan fingerprint density at radius 3 is 2.80 bits per heavy atom. The van der Waals surface area contributed by atoms with Crippen molar-refractivity contribution in [2.45, 2.75) is 46.5 Å². The van der Waals surface area contributed by atoms with Gasteiger partial charge in [-0.15, -0.1) is 0 Å². The van der Waals surface area contributed by atoms with E-state index >= 15 is 0 Å². The molecule has 0 radical (unpaired) electrons. The van der Waals surface area contributed by atoms with Gasteiger partial charge < -0.3 is 4.74 Å². The zero-order valence-corrected chi connectivity index (χ0v) is 9.63. The smallest absolute Gasteiger partial charge is 0.310 e. The fraction of sp³-hybridized carbons (Fsp3) is 0.667. The van der Waals surface area contributed by atoms with Crippen LogP contribution >= 0.6 is 0 Å². The molecular formula is C12H18O3. The molecule has 15 heavy (non-hydrogen) atoms. The maximum atomic E-state index is 11.3. The maximum absolute atomic E-state index is 11.3. The predicted octanol–water partition coefficient (Wildman–Crippen LogP) is 2.60. The second-order valence-corrected chi connectivity index (χ2v) is 4.58. The minimum Gasteiger partial charge on any atom is -0.430 e. The van der Waals surface area contributed by atoms with Gasteiger partial charge in [0.25, 0.3) is 0 Å². The van der Waals surface area contributed by atoms with Gasteiger partial charge in [-0.2, -0.15) is 0 Å². The van der Waals surface area contributed by atoms with Crippen LogP contribution in [0.25, 0.3) is 0 Å². The van der Waals surface area contributed by atoms with E-state index in [2.05, 4.69) is 0 Å². The Bertz CT molecular complexity index is 300. The van der Waals surface area contributed by atoms with E-state index in [0.717, 1.165) is 12.8 Å². The molecule has 1 aliphatic rings. The largest absolute Gasteiger partial charge is 0.430 e. The number of esters is 1. The van der Waals surface area contributed by atoms with Gasteiger partial charge in [-0.1, -0.05) is 20.8 Å². The lowest BCUT2D eigenvalue weighted by Gasteiger charge is -2.29. The summed E-state index contributed by atoms with van der Waals surface area (Å²) in [5.74, 6) is 0.331. The summed E-state index contributed by atoms with van der Waals surface area (Å²) in [4.78, 5) is 22.6. The molecule has 1 aliphatic carbocycles. The molecule has 0 N–H and O–H groups in total. The van der Waals surface area contributed by atoms with E-state index in [1.54, 1.807) is 0 Å². The summed E-state index contributed by atoms with van der Waals surface area (Å²) < 4.78 is 5.22. The first kappa shape index (κ1) is 12.0. The third-order valence-electron chi connectivity index (χ3n) is 2.63. The quantitative estimate of drug-likeness (QED) is 0.672. The van der Waals surface area contributed by atoms with E-state index in [1.165, 1.54) is 6.08 Å². The molecule has 1 rings (SSSR count). The Morgan fingerprint density at radius 1 is 1.53 bits per heavy atom. The third kappa shape index (κ3) is 3.18. The first-order valence-corrected chi connectivity index (χ1v) is 5.41.